The first kappa shape index (κ1) is 18.7. The lowest BCUT2D eigenvalue weighted by Gasteiger charge is -2.17. The maximum absolute atomic E-state index is 12.2. The Kier molecular flexibility index (Phi) is 5.61. The number of carbonyl (C=O) groups excluding carboxylic acids is 3. The zero-order valence-electron chi connectivity index (χ0n) is 14.7. The van der Waals surface area contributed by atoms with E-state index in [1.54, 1.807) is 53.4 Å². The standard InChI is InChI=1S/C19H19ClN4O3/c1-12(25)21-14-3-2-4-15(9-14)22-19(27)23-16-10-18(26)24(11-16)17-7-5-13(20)6-8-17/h2-9,16H,10-11H2,1H3,(H,21,25)(H2,22,23,27)/t16-/m1/s1. The van der Waals surface area contributed by atoms with Crippen LogP contribution >= 0.6 is 11.6 Å². The molecule has 140 valence electrons. The molecule has 7 nitrogen and oxygen atoms in total. The van der Waals surface area contributed by atoms with Gasteiger partial charge in [-0.25, -0.2) is 4.79 Å². The van der Waals surface area contributed by atoms with Crippen molar-refractivity contribution < 1.29 is 14.4 Å². The molecule has 3 N–H and O–H groups in total. The van der Waals surface area contributed by atoms with Crippen molar-refractivity contribution in [3.8, 4) is 0 Å². The predicted molar refractivity (Wildman–Crippen MR) is 105 cm³/mol. The average molecular weight is 387 g/mol. The van der Waals surface area contributed by atoms with Gasteiger partial charge < -0.3 is 20.9 Å². The van der Waals surface area contributed by atoms with Crippen molar-refractivity contribution in [1.29, 1.82) is 0 Å². The smallest absolute Gasteiger partial charge is 0.319 e. The van der Waals surface area contributed by atoms with Gasteiger partial charge in [-0.1, -0.05) is 17.7 Å². The van der Waals surface area contributed by atoms with E-state index in [0.717, 1.165) is 5.69 Å². The number of nitrogens with zero attached hydrogens (tertiary/aromatic N) is 1. The molecule has 1 saturated heterocycles. The van der Waals surface area contributed by atoms with Gasteiger partial charge in [-0.2, -0.15) is 0 Å². The number of anilines is 3. The summed E-state index contributed by atoms with van der Waals surface area (Å²) in [5, 5.41) is 8.77. The molecule has 27 heavy (non-hydrogen) atoms. The summed E-state index contributed by atoms with van der Waals surface area (Å²) >= 11 is 5.88. The normalized spacial score (nSPS) is 16.1. The number of benzene rings is 2. The van der Waals surface area contributed by atoms with Crippen molar-refractivity contribution in [2.45, 2.75) is 19.4 Å². The van der Waals surface area contributed by atoms with E-state index in [2.05, 4.69) is 16.0 Å². The Morgan fingerprint density at radius 2 is 1.74 bits per heavy atom. The number of amides is 4. The van der Waals surface area contributed by atoms with Gasteiger partial charge in [0.25, 0.3) is 0 Å². The first-order valence-corrected chi connectivity index (χ1v) is 8.79. The minimum absolute atomic E-state index is 0.0599. The summed E-state index contributed by atoms with van der Waals surface area (Å²) in [7, 11) is 0. The third-order valence-corrected chi connectivity index (χ3v) is 4.29. The number of nitrogens with one attached hydrogen (secondary N) is 3. The molecule has 2 aromatic rings. The summed E-state index contributed by atoms with van der Waals surface area (Å²) in [6.45, 7) is 1.80. The van der Waals surface area contributed by atoms with Crippen molar-refractivity contribution in [1.82, 2.24) is 5.32 Å². The Bertz CT molecular complexity index is 870. The molecule has 3 rings (SSSR count). The van der Waals surface area contributed by atoms with E-state index in [1.165, 1.54) is 6.92 Å². The number of carbonyl (C=O) groups is 3. The number of hydrogen-bond donors (Lipinski definition) is 3. The molecule has 1 atom stereocenters. The Balaban J connectivity index is 1.58. The summed E-state index contributed by atoms with van der Waals surface area (Å²) in [5.41, 5.74) is 1.88. The molecule has 1 aliphatic rings. The minimum atomic E-state index is -0.411. The van der Waals surface area contributed by atoms with Crippen LogP contribution in [0.2, 0.25) is 5.02 Å². The van der Waals surface area contributed by atoms with E-state index in [4.69, 9.17) is 11.6 Å². The molecule has 1 fully saturated rings. The molecule has 2 aromatic carbocycles. The van der Waals surface area contributed by atoms with Crippen LogP contribution in [0.15, 0.2) is 48.5 Å². The van der Waals surface area contributed by atoms with Crippen molar-refractivity contribution in [2.24, 2.45) is 0 Å². The highest BCUT2D eigenvalue weighted by molar-refractivity contribution is 6.30. The molecule has 0 spiro atoms. The van der Waals surface area contributed by atoms with Gasteiger partial charge in [0.15, 0.2) is 0 Å². The molecule has 4 amide bonds. The van der Waals surface area contributed by atoms with Crippen LogP contribution in [-0.2, 0) is 9.59 Å². The highest BCUT2D eigenvalue weighted by Gasteiger charge is 2.31. The van der Waals surface area contributed by atoms with E-state index in [-0.39, 0.29) is 24.3 Å². The molecule has 0 radical (unpaired) electrons. The fourth-order valence-corrected chi connectivity index (χ4v) is 3.03. The molecule has 1 aliphatic heterocycles. The van der Waals surface area contributed by atoms with Crippen LogP contribution in [-0.4, -0.2) is 30.4 Å². The van der Waals surface area contributed by atoms with Gasteiger partial charge in [-0.05, 0) is 42.5 Å². The molecular formula is C19H19ClN4O3. The molecule has 1 heterocycles. The average Bonchev–Trinajstić information content (AvgIpc) is 2.95. The summed E-state index contributed by atoms with van der Waals surface area (Å²) in [6, 6.07) is 13.1. The van der Waals surface area contributed by atoms with Gasteiger partial charge in [0.1, 0.15) is 0 Å². The molecule has 0 aliphatic carbocycles. The third-order valence-electron chi connectivity index (χ3n) is 4.04. The number of rotatable bonds is 4. The summed E-state index contributed by atoms with van der Waals surface area (Å²) < 4.78 is 0. The largest absolute Gasteiger partial charge is 0.333 e. The van der Waals surface area contributed by atoms with Gasteiger partial charge in [0.2, 0.25) is 11.8 Å². The van der Waals surface area contributed by atoms with Gasteiger partial charge >= 0.3 is 6.03 Å². The number of hydrogen-bond acceptors (Lipinski definition) is 3. The van der Waals surface area contributed by atoms with Crippen LogP contribution in [0.25, 0.3) is 0 Å². The SMILES string of the molecule is CC(=O)Nc1cccc(NC(=O)N[C@@H]2CC(=O)N(c3ccc(Cl)cc3)C2)c1. The second kappa shape index (κ2) is 8.09. The Hall–Kier alpha value is -3.06. The van der Waals surface area contributed by atoms with E-state index < -0.39 is 6.03 Å². The molecule has 8 heteroatoms. The van der Waals surface area contributed by atoms with Crippen LogP contribution in [0.1, 0.15) is 13.3 Å². The first-order valence-electron chi connectivity index (χ1n) is 8.42. The fourth-order valence-electron chi connectivity index (χ4n) is 2.91. The molecular weight excluding hydrogens is 368 g/mol. The van der Waals surface area contributed by atoms with Crippen LogP contribution in [0.4, 0.5) is 21.9 Å². The van der Waals surface area contributed by atoms with Gasteiger partial charge in [-0.3, -0.25) is 9.59 Å². The third kappa shape index (κ3) is 4.98. The Labute approximate surface area is 161 Å². The molecule has 0 saturated carbocycles. The number of urea groups is 1. The quantitative estimate of drug-likeness (QED) is 0.753. The fraction of sp³-hybridized carbons (Fsp3) is 0.211. The monoisotopic (exact) mass is 386 g/mol. The lowest BCUT2D eigenvalue weighted by molar-refractivity contribution is -0.117. The number of halogens is 1. The Morgan fingerprint density at radius 1 is 1.07 bits per heavy atom. The second-order valence-electron chi connectivity index (χ2n) is 6.24. The highest BCUT2D eigenvalue weighted by Crippen LogP contribution is 2.23. The van der Waals surface area contributed by atoms with E-state index in [9.17, 15) is 14.4 Å². The van der Waals surface area contributed by atoms with E-state index >= 15 is 0 Å². The topological polar surface area (TPSA) is 90.5 Å². The van der Waals surface area contributed by atoms with Gasteiger partial charge in [-0.15, -0.1) is 0 Å². The van der Waals surface area contributed by atoms with Crippen molar-refractivity contribution in [3.05, 3.63) is 53.6 Å². The van der Waals surface area contributed by atoms with E-state index in [0.29, 0.717) is 22.9 Å². The highest BCUT2D eigenvalue weighted by atomic mass is 35.5. The zero-order chi connectivity index (χ0) is 19.4. The van der Waals surface area contributed by atoms with Crippen LogP contribution in [0.3, 0.4) is 0 Å². The van der Waals surface area contributed by atoms with Gasteiger partial charge in [0.05, 0.1) is 6.04 Å². The van der Waals surface area contributed by atoms with Crippen molar-refractivity contribution >= 4 is 46.5 Å². The van der Waals surface area contributed by atoms with Crippen molar-refractivity contribution in [2.75, 3.05) is 22.1 Å². The predicted octanol–water partition coefficient (Wildman–Crippen LogP) is 3.23. The minimum Gasteiger partial charge on any atom is -0.333 e. The zero-order valence-corrected chi connectivity index (χ0v) is 15.4. The lowest BCUT2D eigenvalue weighted by Crippen LogP contribution is -2.39. The van der Waals surface area contributed by atoms with Crippen LogP contribution in [0.5, 0.6) is 0 Å². The van der Waals surface area contributed by atoms with Crippen LogP contribution < -0.4 is 20.9 Å². The summed E-state index contributed by atoms with van der Waals surface area (Å²) in [4.78, 5) is 37.2. The first-order chi connectivity index (χ1) is 12.9. The lowest BCUT2D eigenvalue weighted by atomic mass is 10.2. The van der Waals surface area contributed by atoms with E-state index in [1.807, 2.05) is 0 Å². The maximum atomic E-state index is 12.2. The maximum Gasteiger partial charge on any atom is 0.319 e. The second-order valence-corrected chi connectivity index (χ2v) is 6.68. The Morgan fingerprint density at radius 3 is 2.41 bits per heavy atom. The molecule has 0 aromatic heterocycles. The molecule has 0 unspecified atom stereocenters. The summed E-state index contributed by atoms with van der Waals surface area (Å²) in [5.74, 6) is -0.251. The van der Waals surface area contributed by atoms with Crippen LogP contribution in [0, 0.1) is 0 Å². The molecule has 0 bridgehead atoms. The summed E-state index contributed by atoms with van der Waals surface area (Å²) in [6.07, 6.45) is 0.224. The van der Waals surface area contributed by atoms with Crippen molar-refractivity contribution in [3.63, 3.8) is 0 Å². The van der Waals surface area contributed by atoms with Gasteiger partial charge in [0, 0.05) is 42.0 Å².